The van der Waals surface area contributed by atoms with Gasteiger partial charge in [-0.2, -0.15) is 0 Å². The summed E-state index contributed by atoms with van der Waals surface area (Å²) in [7, 11) is 0. The van der Waals surface area contributed by atoms with Crippen LogP contribution in [0.3, 0.4) is 0 Å². The van der Waals surface area contributed by atoms with Gasteiger partial charge in [0.25, 0.3) is 0 Å². The molecule has 28 heavy (non-hydrogen) atoms. The van der Waals surface area contributed by atoms with Gasteiger partial charge in [0.15, 0.2) is 0 Å². The Kier molecular flexibility index (Phi) is 4.62. The lowest BCUT2D eigenvalue weighted by atomic mass is 10.2. The van der Waals surface area contributed by atoms with E-state index in [4.69, 9.17) is 22.1 Å². The lowest BCUT2D eigenvalue weighted by Gasteiger charge is -2.20. The number of halogens is 1. The maximum Gasteiger partial charge on any atom is 0.335 e. The maximum absolute atomic E-state index is 12.6. The molecule has 0 saturated heterocycles. The van der Waals surface area contributed by atoms with E-state index in [1.54, 1.807) is 24.3 Å². The first-order valence-electron chi connectivity index (χ1n) is 8.26. The molecule has 6 nitrogen and oxygen atoms in total. The Bertz CT molecular complexity index is 1120. The molecule has 0 amide bonds. The van der Waals surface area contributed by atoms with E-state index >= 15 is 0 Å². The number of anilines is 1. The Labute approximate surface area is 169 Å². The zero-order valence-corrected chi connectivity index (χ0v) is 15.9. The molecule has 3 aromatic rings. The second kappa shape index (κ2) is 7.10. The van der Waals surface area contributed by atoms with Crippen molar-refractivity contribution in [2.24, 2.45) is 0 Å². The number of aromatic carboxylic acids is 1. The van der Waals surface area contributed by atoms with Crippen molar-refractivity contribution in [2.45, 2.75) is 0 Å². The largest absolute Gasteiger partial charge is 0.874 e. The number of hydrogen-bond donors (Lipinski definition) is 2. The molecule has 140 valence electrons. The number of nitrogens with zero attached hydrogens (tertiary/aromatic N) is 2. The van der Waals surface area contributed by atoms with Gasteiger partial charge in [-0.05, 0) is 30.3 Å². The predicted molar refractivity (Wildman–Crippen MR) is 108 cm³/mol. The van der Waals surface area contributed by atoms with Crippen molar-refractivity contribution in [3.05, 3.63) is 75.3 Å². The first kappa shape index (κ1) is 18.2. The van der Waals surface area contributed by atoms with Gasteiger partial charge in [-0.1, -0.05) is 35.6 Å². The Balaban J connectivity index is 1.64. The van der Waals surface area contributed by atoms with E-state index in [2.05, 4.69) is 4.98 Å². The van der Waals surface area contributed by atoms with Crippen LogP contribution in [0.1, 0.15) is 15.4 Å². The van der Waals surface area contributed by atoms with Crippen LogP contribution in [0.2, 0.25) is 5.02 Å². The molecule has 2 N–H and O–H groups in total. The predicted octanol–water partition coefficient (Wildman–Crippen LogP) is 3.73. The van der Waals surface area contributed by atoms with Gasteiger partial charge in [-0.3, -0.25) is 5.41 Å². The second-order valence-corrected chi connectivity index (χ2v) is 7.43. The van der Waals surface area contributed by atoms with Crippen LogP contribution in [-0.4, -0.2) is 28.4 Å². The fourth-order valence-electron chi connectivity index (χ4n) is 2.96. The van der Waals surface area contributed by atoms with Gasteiger partial charge in [-0.25, -0.2) is 9.78 Å². The average molecular weight is 411 g/mol. The van der Waals surface area contributed by atoms with Gasteiger partial charge in [-0.15, -0.1) is 11.3 Å². The van der Waals surface area contributed by atoms with Gasteiger partial charge in [0.05, 0.1) is 11.3 Å². The van der Waals surface area contributed by atoms with Crippen molar-refractivity contribution in [2.75, 3.05) is 11.4 Å². The zero-order valence-electron chi connectivity index (χ0n) is 14.3. The van der Waals surface area contributed by atoms with Gasteiger partial charge in [0.2, 0.25) is 0 Å². The molecule has 1 aliphatic rings. The number of nitrogens with one attached hydrogen (secondary N) is 1. The van der Waals surface area contributed by atoms with Crippen LogP contribution in [0.4, 0.5) is 5.69 Å². The molecule has 0 unspecified atom stereocenters. The quantitative estimate of drug-likeness (QED) is 0.682. The van der Waals surface area contributed by atoms with Crippen molar-refractivity contribution >= 4 is 46.0 Å². The summed E-state index contributed by atoms with van der Waals surface area (Å²) in [5.74, 6) is -1.26. The second-order valence-electron chi connectivity index (χ2n) is 6.13. The monoisotopic (exact) mass is 410 g/mol. The van der Waals surface area contributed by atoms with Gasteiger partial charge in [0.1, 0.15) is 10.8 Å². The summed E-state index contributed by atoms with van der Waals surface area (Å²) in [6.07, 6.45) is 0. The first-order chi connectivity index (χ1) is 13.4. The first-order valence-corrected chi connectivity index (χ1v) is 9.51. The molecule has 2 aromatic carbocycles. The highest BCUT2D eigenvalue weighted by molar-refractivity contribution is 7.11. The van der Waals surface area contributed by atoms with Crippen LogP contribution >= 0.6 is 22.9 Å². The molecule has 1 aliphatic heterocycles. The van der Waals surface area contributed by atoms with Crippen LogP contribution in [0, 0.1) is 5.41 Å². The van der Waals surface area contributed by atoms with Crippen molar-refractivity contribution in [1.29, 1.82) is 5.41 Å². The van der Waals surface area contributed by atoms with E-state index in [-0.39, 0.29) is 29.3 Å². The Morgan fingerprint density at radius 3 is 2.71 bits per heavy atom. The molecule has 0 atom stereocenters. The number of thiazole rings is 1. The summed E-state index contributed by atoms with van der Waals surface area (Å²) >= 11 is 7.21. The Morgan fingerprint density at radius 2 is 2.00 bits per heavy atom. The van der Waals surface area contributed by atoms with Crippen LogP contribution < -0.4 is 10.0 Å². The fraction of sp³-hybridized carbons (Fsp3) is 0.0500. The minimum absolute atomic E-state index is 0.0181. The summed E-state index contributed by atoms with van der Waals surface area (Å²) < 4.78 is 0. The van der Waals surface area contributed by atoms with Crippen molar-refractivity contribution in [3.63, 3.8) is 0 Å². The number of aromatic nitrogens is 1. The number of amidine groups is 1. The van der Waals surface area contributed by atoms with E-state index in [0.29, 0.717) is 21.4 Å². The highest BCUT2D eigenvalue weighted by atomic mass is 35.5. The molecule has 1 aromatic heterocycles. The number of carboxylic acids is 1. The van der Waals surface area contributed by atoms with Crippen LogP contribution in [-0.2, 0) is 0 Å². The zero-order chi connectivity index (χ0) is 19.8. The summed E-state index contributed by atoms with van der Waals surface area (Å²) in [6.45, 7) is -0.0207. The van der Waals surface area contributed by atoms with Crippen molar-refractivity contribution in [1.82, 2.24) is 4.98 Å². The highest BCUT2D eigenvalue weighted by Crippen LogP contribution is 2.34. The number of benzene rings is 2. The minimum atomic E-state index is -1.06. The lowest BCUT2D eigenvalue weighted by molar-refractivity contribution is -0.300. The van der Waals surface area contributed by atoms with E-state index in [9.17, 15) is 9.90 Å². The van der Waals surface area contributed by atoms with Crippen LogP contribution in [0.25, 0.3) is 16.8 Å². The molecule has 8 heteroatoms. The molecule has 4 rings (SSSR count). The van der Waals surface area contributed by atoms with E-state index in [0.717, 1.165) is 5.56 Å². The minimum Gasteiger partial charge on any atom is -0.874 e. The van der Waals surface area contributed by atoms with Gasteiger partial charge < -0.3 is 15.1 Å². The van der Waals surface area contributed by atoms with E-state index < -0.39 is 5.97 Å². The molecule has 0 bridgehead atoms. The number of hydrogen-bond acceptors (Lipinski definition) is 5. The number of rotatable bonds is 4. The molecule has 0 fully saturated rings. The molecular weight excluding hydrogens is 398 g/mol. The molecule has 2 heterocycles. The Hall–Kier alpha value is -3.16. The third kappa shape index (κ3) is 3.26. The number of carbonyl (C=O) groups is 1. The summed E-state index contributed by atoms with van der Waals surface area (Å²) in [5.41, 5.74) is 2.41. The normalized spacial score (nSPS) is 14.0. The molecule has 0 spiro atoms. The molecule has 0 saturated carbocycles. The standard InChI is InChI=1S/C20H14ClN3O3S/c21-13-6-4-11(5-7-13)15-10-28-19(23-15)17-16(25)9-24(18(17)22)14-3-1-2-12(8-14)20(26)27/h1-8,10,22,25H,9H2,(H,26,27)/p-1. The van der Waals surface area contributed by atoms with Crippen molar-refractivity contribution < 1.29 is 15.0 Å². The summed E-state index contributed by atoms with van der Waals surface area (Å²) in [6, 6.07) is 13.4. The SMILES string of the molecule is N=C1C(c2nc(-c3ccc(Cl)cc3)cs2)=C([O-])CN1c1cccc(C(=O)O)c1. The topological polar surface area (TPSA) is 100 Å². The molecule has 0 radical (unpaired) electrons. The summed E-state index contributed by atoms with van der Waals surface area (Å²) in [4.78, 5) is 17.2. The van der Waals surface area contributed by atoms with Crippen LogP contribution in [0.15, 0.2) is 59.7 Å². The van der Waals surface area contributed by atoms with Gasteiger partial charge in [0, 0.05) is 33.8 Å². The van der Waals surface area contributed by atoms with E-state index in [1.165, 1.54) is 28.4 Å². The average Bonchev–Trinajstić information content (AvgIpc) is 3.27. The van der Waals surface area contributed by atoms with Crippen LogP contribution in [0.5, 0.6) is 0 Å². The fourth-order valence-corrected chi connectivity index (χ4v) is 3.98. The lowest BCUT2D eigenvalue weighted by Crippen LogP contribution is -2.27. The molecule has 0 aliphatic carbocycles. The summed E-state index contributed by atoms with van der Waals surface area (Å²) in [5, 5.41) is 33.1. The number of carboxylic acid groups (broad SMARTS) is 1. The van der Waals surface area contributed by atoms with Gasteiger partial charge >= 0.3 is 5.97 Å². The van der Waals surface area contributed by atoms with Crippen molar-refractivity contribution in [3.8, 4) is 11.3 Å². The molecular formula is C20H13ClN3O3S-. The third-order valence-corrected chi connectivity index (χ3v) is 5.46. The maximum atomic E-state index is 12.6. The Morgan fingerprint density at radius 1 is 1.25 bits per heavy atom. The third-order valence-electron chi connectivity index (χ3n) is 4.35. The smallest absolute Gasteiger partial charge is 0.335 e. The highest BCUT2D eigenvalue weighted by Gasteiger charge is 2.27. The van der Waals surface area contributed by atoms with E-state index in [1.807, 2.05) is 17.5 Å².